The highest BCUT2D eigenvalue weighted by Crippen LogP contribution is 2.37. The third-order valence-corrected chi connectivity index (χ3v) is 4.06. The van der Waals surface area contributed by atoms with Crippen LogP contribution >= 0.6 is 7.92 Å². The molecular weight excluding hydrogens is 179 g/mol. The van der Waals surface area contributed by atoms with Crippen LogP contribution in [0.25, 0.3) is 0 Å². The minimum atomic E-state index is 0.0448. The molecule has 0 aliphatic rings. The first-order chi connectivity index (χ1) is 5.68. The maximum atomic E-state index is 2.46. The van der Waals surface area contributed by atoms with Gasteiger partial charge in [-0.1, -0.05) is 7.92 Å². The Balaban J connectivity index is 4.56. The lowest BCUT2D eigenvalue weighted by molar-refractivity contribution is 0.0844. The Morgan fingerprint density at radius 1 is 1.00 bits per heavy atom. The first-order valence-electron chi connectivity index (χ1n) is 4.73. The van der Waals surface area contributed by atoms with Crippen LogP contribution in [0.5, 0.6) is 0 Å². The number of hydrogen-bond donors (Lipinski definition) is 0. The van der Waals surface area contributed by atoms with Crippen LogP contribution in [0.1, 0.15) is 20.8 Å². The van der Waals surface area contributed by atoms with E-state index in [0.29, 0.717) is 5.91 Å². The predicted octanol–water partition coefficient (Wildman–Crippen LogP) is 2.30. The van der Waals surface area contributed by atoms with Gasteiger partial charge in [-0.15, -0.1) is 0 Å². The van der Waals surface area contributed by atoms with E-state index >= 15 is 0 Å². The Bertz CT molecular complexity index is 141. The lowest BCUT2D eigenvalue weighted by Gasteiger charge is -2.44. The molecule has 0 saturated heterocycles. The van der Waals surface area contributed by atoms with Crippen molar-refractivity contribution >= 4 is 7.92 Å². The summed E-state index contributed by atoms with van der Waals surface area (Å²) in [7, 11) is 6.58. The van der Waals surface area contributed by atoms with Crippen molar-refractivity contribution in [1.82, 2.24) is 9.80 Å². The Hall–Kier alpha value is 0.350. The van der Waals surface area contributed by atoms with Gasteiger partial charge in [-0.25, -0.2) is 0 Å². The van der Waals surface area contributed by atoms with Gasteiger partial charge >= 0.3 is 0 Å². The first-order valence-corrected chi connectivity index (χ1v) is 7.04. The Morgan fingerprint density at radius 2 is 1.38 bits per heavy atom. The summed E-state index contributed by atoms with van der Waals surface area (Å²) in [6.07, 6.45) is 0. The molecule has 13 heavy (non-hydrogen) atoms. The summed E-state index contributed by atoms with van der Waals surface area (Å²) in [5.41, 5.74) is 0.252. The topological polar surface area (TPSA) is 6.48 Å². The van der Waals surface area contributed by atoms with Crippen LogP contribution in [0.3, 0.4) is 0 Å². The van der Waals surface area contributed by atoms with Crippen LogP contribution in [-0.4, -0.2) is 55.7 Å². The van der Waals surface area contributed by atoms with Crippen LogP contribution in [0.2, 0.25) is 0 Å². The average Bonchev–Trinajstić information content (AvgIpc) is 1.82. The fraction of sp³-hybridized carbons (Fsp3) is 1.00. The molecule has 0 rings (SSSR count). The summed E-state index contributed by atoms with van der Waals surface area (Å²) in [6, 6.07) is 0. The second kappa shape index (κ2) is 4.72. The Kier molecular flexibility index (Phi) is 4.85. The summed E-state index contributed by atoms with van der Waals surface area (Å²) in [5.74, 6) is 0.579. The fourth-order valence-corrected chi connectivity index (χ4v) is 3.46. The van der Waals surface area contributed by atoms with Gasteiger partial charge in [0.05, 0.1) is 5.91 Å². The highest BCUT2D eigenvalue weighted by molar-refractivity contribution is 7.56. The molecule has 0 amide bonds. The van der Waals surface area contributed by atoms with E-state index in [0.717, 1.165) is 0 Å². The maximum Gasteiger partial charge on any atom is 0.0814 e. The third-order valence-electron chi connectivity index (χ3n) is 2.33. The van der Waals surface area contributed by atoms with Crippen molar-refractivity contribution in [2.45, 2.75) is 32.2 Å². The molecule has 0 heterocycles. The van der Waals surface area contributed by atoms with Crippen LogP contribution in [0.15, 0.2) is 0 Å². The molecule has 0 N–H and O–H groups in total. The molecule has 0 radical (unpaired) electrons. The average molecular weight is 204 g/mol. The predicted molar refractivity (Wildman–Crippen MR) is 63.8 cm³/mol. The van der Waals surface area contributed by atoms with Gasteiger partial charge in [-0.3, -0.25) is 9.80 Å². The van der Waals surface area contributed by atoms with E-state index in [2.05, 4.69) is 65.0 Å². The molecule has 80 valence electrons. The molecule has 2 nitrogen and oxygen atoms in total. The van der Waals surface area contributed by atoms with E-state index in [1.807, 2.05) is 0 Å². The molecule has 0 aliphatic carbocycles. The highest BCUT2D eigenvalue weighted by Gasteiger charge is 2.28. The molecule has 0 fully saturated rings. The molecule has 0 saturated carbocycles. The molecule has 0 aromatic rings. The van der Waals surface area contributed by atoms with Crippen LogP contribution in [0, 0.1) is 0 Å². The molecule has 0 aliphatic heterocycles. The zero-order valence-electron chi connectivity index (χ0n) is 10.4. The minimum absolute atomic E-state index is 0.0448. The number of hydrogen-bond acceptors (Lipinski definition) is 2. The van der Waals surface area contributed by atoms with E-state index in [-0.39, 0.29) is 13.5 Å². The number of nitrogens with zero attached hydrogens (tertiary/aromatic N) is 2. The quantitative estimate of drug-likeness (QED) is 0.514. The van der Waals surface area contributed by atoms with Gasteiger partial charge in [-0.05, 0) is 55.2 Å². The van der Waals surface area contributed by atoms with Gasteiger partial charge in [0.25, 0.3) is 0 Å². The zero-order chi connectivity index (χ0) is 10.8. The lowest BCUT2D eigenvalue weighted by Crippen LogP contribution is -2.50. The van der Waals surface area contributed by atoms with Crippen molar-refractivity contribution < 1.29 is 0 Å². The largest absolute Gasteiger partial charge is 0.291 e. The molecule has 0 spiro atoms. The minimum Gasteiger partial charge on any atom is -0.291 e. The summed E-state index contributed by atoms with van der Waals surface area (Å²) in [5, 5.41) is 0. The van der Waals surface area contributed by atoms with Crippen molar-refractivity contribution in [3.05, 3.63) is 0 Å². The normalized spacial score (nSPS) is 15.9. The molecule has 1 atom stereocenters. The zero-order valence-corrected chi connectivity index (χ0v) is 11.3. The van der Waals surface area contributed by atoms with Crippen molar-refractivity contribution in [2.75, 3.05) is 34.5 Å². The molecule has 0 aromatic carbocycles. The van der Waals surface area contributed by atoms with Crippen LogP contribution in [0.4, 0.5) is 0 Å². The lowest BCUT2D eigenvalue weighted by atomic mass is 10.1. The van der Waals surface area contributed by atoms with Crippen molar-refractivity contribution in [1.29, 1.82) is 0 Å². The van der Waals surface area contributed by atoms with Gasteiger partial charge < -0.3 is 0 Å². The smallest absolute Gasteiger partial charge is 0.0814 e. The van der Waals surface area contributed by atoms with Gasteiger partial charge in [-0.2, -0.15) is 0 Å². The molecular formula is C10H25N2P. The second-order valence-electron chi connectivity index (χ2n) is 5.06. The first kappa shape index (κ1) is 13.4. The van der Waals surface area contributed by atoms with Gasteiger partial charge in [0.15, 0.2) is 0 Å². The van der Waals surface area contributed by atoms with E-state index in [9.17, 15) is 0 Å². The Morgan fingerprint density at radius 3 is 1.46 bits per heavy atom. The molecule has 1 unspecified atom stereocenters. The third kappa shape index (κ3) is 3.93. The van der Waals surface area contributed by atoms with Gasteiger partial charge in [0.1, 0.15) is 0 Å². The van der Waals surface area contributed by atoms with Crippen molar-refractivity contribution in [3.63, 3.8) is 0 Å². The molecule has 0 aromatic heterocycles. The number of rotatable bonds is 3. The molecule has 0 bridgehead atoms. The summed E-state index contributed by atoms with van der Waals surface area (Å²) < 4.78 is 0. The van der Waals surface area contributed by atoms with E-state index < -0.39 is 0 Å². The van der Waals surface area contributed by atoms with E-state index in [1.165, 1.54) is 0 Å². The van der Waals surface area contributed by atoms with E-state index in [1.54, 1.807) is 0 Å². The van der Waals surface area contributed by atoms with Crippen LogP contribution in [-0.2, 0) is 0 Å². The second-order valence-corrected chi connectivity index (χ2v) is 7.44. The monoisotopic (exact) mass is 204 g/mol. The van der Waals surface area contributed by atoms with Crippen molar-refractivity contribution in [3.8, 4) is 0 Å². The van der Waals surface area contributed by atoms with Gasteiger partial charge in [0, 0.05) is 5.54 Å². The molecule has 3 heteroatoms. The highest BCUT2D eigenvalue weighted by atomic mass is 31.1. The SMILES string of the molecule is CN(C)C(N(C)C(C)(C)C)P(C)C. The maximum absolute atomic E-state index is 2.46. The van der Waals surface area contributed by atoms with Crippen molar-refractivity contribution in [2.24, 2.45) is 0 Å². The van der Waals surface area contributed by atoms with Crippen LogP contribution < -0.4 is 0 Å². The summed E-state index contributed by atoms with van der Waals surface area (Å²) >= 11 is 0. The van der Waals surface area contributed by atoms with E-state index in [4.69, 9.17) is 0 Å². The standard InChI is InChI=1S/C10H25N2P/c1-10(2,3)12(6)9(11(4)5)13(7)8/h9H,1-8H3. The fourth-order valence-electron chi connectivity index (χ4n) is 1.50. The van der Waals surface area contributed by atoms with Gasteiger partial charge in [0.2, 0.25) is 0 Å². The summed E-state index contributed by atoms with van der Waals surface area (Å²) in [4.78, 5) is 4.77. The Labute approximate surface area is 85.0 Å². The summed E-state index contributed by atoms with van der Waals surface area (Å²) in [6.45, 7) is 11.5.